The van der Waals surface area contributed by atoms with Crippen LogP contribution >= 0.6 is 0 Å². The van der Waals surface area contributed by atoms with Gasteiger partial charge in [0.05, 0.1) is 4.92 Å². The molecule has 0 spiro atoms. The monoisotopic (exact) mass is 605 g/mol. The van der Waals surface area contributed by atoms with Crippen LogP contribution < -0.4 is 5.32 Å². The number of hydrogen-bond acceptors (Lipinski definition) is 9. The standard InChI is InChI=1S/C32H51N3O8/c1-4-5-6-7-8-9-10-11-12-15-22-39-24-32-29(42-31(2,3)43-32)28(27(41-32)23-34-20-13-14-21-34)40-30(36)33-25-16-18-26(19-17-25)35(37)38/h16-19,27-29H,4-15,20-24H2,1-3H3,(H,33,36). The zero-order valence-corrected chi connectivity index (χ0v) is 26.2. The summed E-state index contributed by atoms with van der Waals surface area (Å²) in [4.78, 5) is 25.8. The number of nitrogens with one attached hydrogen (secondary N) is 1. The van der Waals surface area contributed by atoms with Gasteiger partial charge in [-0.15, -0.1) is 0 Å². The molecule has 4 atom stereocenters. The van der Waals surface area contributed by atoms with Crippen LogP contribution in [0.1, 0.15) is 97.8 Å². The van der Waals surface area contributed by atoms with E-state index in [0.29, 0.717) is 18.8 Å². The van der Waals surface area contributed by atoms with Crippen molar-refractivity contribution < 1.29 is 33.4 Å². The van der Waals surface area contributed by atoms with E-state index < -0.39 is 40.9 Å². The van der Waals surface area contributed by atoms with E-state index >= 15 is 0 Å². The minimum Gasteiger partial charge on any atom is -0.440 e. The first-order valence-electron chi connectivity index (χ1n) is 16.3. The maximum Gasteiger partial charge on any atom is 0.412 e. The van der Waals surface area contributed by atoms with Crippen LogP contribution in [0.2, 0.25) is 0 Å². The smallest absolute Gasteiger partial charge is 0.412 e. The number of rotatable bonds is 18. The minimum absolute atomic E-state index is 0.0601. The SMILES string of the molecule is CCCCCCCCCCCCOCC12OC(CN3CCCC3)C(OC(=O)Nc3ccc([N+](=O)[O-])cc3)C1OC(C)(C)O2. The summed E-state index contributed by atoms with van der Waals surface area (Å²) in [6.07, 6.45) is 12.2. The van der Waals surface area contributed by atoms with Crippen molar-refractivity contribution in [3.05, 3.63) is 34.4 Å². The summed E-state index contributed by atoms with van der Waals surface area (Å²) in [5.74, 6) is -2.13. The van der Waals surface area contributed by atoms with E-state index in [1.54, 1.807) is 0 Å². The number of amides is 1. The molecule has 11 nitrogen and oxygen atoms in total. The Morgan fingerprint density at radius 1 is 1.00 bits per heavy atom. The number of benzene rings is 1. The molecule has 3 saturated heterocycles. The maximum atomic E-state index is 13.0. The Labute approximate surface area is 256 Å². The third-order valence-corrected chi connectivity index (χ3v) is 8.43. The molecule has 0 aromatic heterocycles. The van der Waals surface area contributed by atoms with Gasteiger partial charge in [0.1, 0.15) is 12.7 Å². The van der Waals surface area contributed by atoms with E-state index in [-0.39, 0.29) is 12.3 Å². The first kappa shape index (κ1) is 33.6. The predicted octanol–water partition coefficient (Wildman–Crippen LogP) is 6.79. The first-order chi connectivity index (χ1) is 20.7. The molecule has 1 N–H and O–H groups in total. The summed E-state index contributed by atoms with van der Waals surface area (Å²) in [6.45, 7) is 9.17. The topological polar surface area (TPSA) is 122 Å². The highest BCUT2D eigenvalue weighted by molar-refractivity contribution is 5.84. The van der Waals surface area contributed by atoms with E-state index in [9.17, 15) is 14.9 Å². The van der Waals surface area contributed by atoms with Gasteiger partial charge in [-0.25, -0.2) is 4.79 Å². The van der Waals surface area contributed by atoms with Gasteiger partial charge in [0, 0.05) is 31.0 Å². The number of nitrogens with zero attached hydrogens (tertiary/aromatic N) is 2. The zero-order valence-electron chi connectivity index (χ0n) is 26.2. The van der Waals surface area contributed by atoms with Gasteiger partial charge in [0.2, 0.25) is 5.79 Å². The Morgan fingerprint density at radius 3 is 2.26 bits per heavy atom. The number of unbranched alkanes of at least 4 members (excludes halogenated alkanes) is 9. The lowest BCUT2D eigenvalue weighted by atomic mass is 10.0. The number of fused-ring (bicyclic) bond motifs is 1. The van der Waals surface area contributed by atoms with Crippen LogP contribution in [0, 0.1) is 10.1 Å². The van der Waals surface area contributed by atoms with Crippen molar-refractivity contribution in [1.29, 1.82) is 0 Å². The lowest BCUT2D eigenvalue weighted by molar-refractivity contribution is -0.384. The van der Waals surface area contributed by atoms with Crippen LogP contribution in [0.4, 0.5) is 16.2 Å². The van der Waals surface area contributed by atoms with Crippen molar-refractivity contribution in [3.63, 3.8) is 0 Å². The number of nitro benzene ring substituents is 1. The van der Waals surface area contributed by atoms with Gasteiger partial charge in [0.15, 0.2) is 18.0 Å². The fraction of sp³-hybridized carbons (Fsp3) is 0.781. The third kappa shape index (κ3) is 9.84. The molecular formula is C32H51N3O8. The van der Waals surface area contributed by atoms with E-state index in [2.05, 4.69) is 17.1 Å². The van der Waals surface area contributed by atoms with Gasteiger partial charge in [-0.05, 0) is 58.3 Å². The van der Waals surface area contributed by atoms with Crippen molar-refractivity contribution in [2.24, 2.45) is 0 Å². The molecule has 242 valence electrons. The Balaban J connectivity index is 1.31. The van der Waals surface area contributed by atoms with E-state index in [0.717, 1.165) is 38.8 Å². The van der Waals surface area contributed by atoms with Crippen molar-refractivity contribution in [2.45, 2.75) is 128 Å². The number of non-ortho nitro benzene ring substituents is 1. The van der Waals surface area contributed by atoms with Crippen LogP contribution in [-0.4, -0.2) is 78.7 Å². The Morgan fingerprint density at radius 2 is 1.63 bits per heavy atom. The number of hydrogen-bond donors (Lipinski definition) is 1. The summed E-state index contributed by atoms with van der Waals surface area (Å²) < 4.78 is 31.3. The van der Waals surface area contributed by atoms with Gasteiger partial charge in [0.25, 0.3) is 5.69 Å². The highest BCUT2D eigenvalue weighted by atomic mass is 16.9. The van der Waals surface area contributed by atoms with Gasteiger partial charge in [-0.2, -0.15) is 0 Å². The maximum absolute atomic E-state index is 13.0. The van der Waals surface area contributed by atoms with Crippen molar-refractivity contribution >= 4 is 17.5 Å². The number of ether oxygens (including phenoxy) is 5. The molecule has 1 aromatic carbocycles. The fourth-order valence-electron chi connectivity index (χ4n) is 6.31. The van der Waals surface area contributed by atoms with Crippen molar-refractivity contribution in [2.75, 3.05) is 38.2 Å². The van der Waals surface area contributed by atoms with Crippen molar-refractivity contribution in [3.8, 4) is 0 Å². The third-order valence-electron chi connectivity index (χ3n) is 8.43. The molecular weight excluding hydrogens is 554 g/mol. The average molecular weight is 606 g/mol. The van der Waals surface area contributed by atoms with Gasteiger partial charge in [-0.3, -0.25) is 15.4 Å². The summed E-state index contributed by atoms with van der Waals surface area (Å²) in [6, 6.07) is 5.60. The first-order valence-corrected chi connectivity index (χ1v) is 16.3. The van der Waals surface area contributed by atoms with Crippen LogP contribution in [-0.2, 0) is 23.7 Å². The molecule has 11 heteroatoms. The van der Waals surface area contributed by atoms with Gasteiger partial charge in [-0.1, -0.05) is 64.7 Å². The lowest BCUT2D eigenvalue weighted by Crippen LogP contribution is -2.46. The van der Waals surface area contributed by atoms with Crippen LogP contribution in [0.15, 0.2) is 24.3 Å². The second kappa shape index (κ2) is 16.1. The van der Waals surface area contributed by atoms with Gasteiger partial charge < -0.3 is 28.6 Å². The van der Waals surface area contributed by atoms with Crippen LogP contribution in [0.25, 0.3) is 0 Å². The average Bonchev–Trinajstić information content (AvgIpc) is 3.63. The quantitative estimate of drug-likeness (QED) is 0.109. The van der Waals surface area contributed by atoms with E-state index in [1.165, 1.54) is 75.6 Å². The van der Waals surface area contributed by atoms with Gasteiger partial charge >= 0.3 is 6.09 Å². The Bertz CT molecular complexity index is 1020. The second-order valence-corrected chi connectivity index (χ2v) is 12.5. The second-order valence-electron chi connectivity index (χ2n) is 12.5. The predicted molar refractivity (Wildman–Crippen MR) is 163 cm³/mol. The zero-order chi connectivity index (χ0) is 30.7. The molecule has 3 fully saturated rings. The largest absolute Gasteiger partial charge is 0.440 e. The number of carbonyl (C=O) groups is 1. The Kier molecular flexibility index (Phi) is 12.6. The summed E-state index contributed by atoms with van der Waals surface area (Å²) in [5.41, 5.74) is 0.329. The Hall–Kier alpha value is -2.31. The van der Waals surface area contributed by atoms with Crippen LogP contribution in [0.5, 0.6) is 0 Å². The highest BCUT2D eigenvalue weighted by Gasteiger charge is 2.66. The fourth-order valence-corrected chi connectivity index (χ4v) is 6.31. The minimum atomic E-state index is -1.19. The number of nitro groups is 1. The molecule has 0 saturated carbocycles. The molecule has 0 radical (unpaired) electrons. The molecule has 0 aliphatic carbocycles. The summed E-state index contributed by atoms with van der Waals surface area (Å²) >= 11 is 0. The van der Waals surface area contributed by atoms with Crippen molar-refractivity contribution in [1.82, 2.24) is 4.90 Å². The number of carbonyl (C=O) groups excluding carboxylic acids is 1. The molecule has 43 heavy (non-hydrogen) atoms. The van der Waals surface area contributed by atoms with E-state index in [4.69, 9.17) is 23.7 Å². The lowest BCUT2D eigenvalue weighted by Gasteiger charge is -2.30. The molecule has 1 aromatic rings. The van der Waals surface area contributed by atoms with Crippen LogP contribution in [0.3, 0.4) is 0 Å². The molecule has 4 unspecified atom stereocenters. The molecule has 3 aliphatic heterocycles. The molecule has 3 aliphatic rings. The summed E-state index contributed by atoms with van der Waals surface area (Å²) in [5, 5.41) is 13.6. The molecule has 4 rings (SSSR count). The molecule has 3 heterocycles. The summed E-state index contributed by atoms with van der Waals surface area (Å²) in [7, 11) is 0. The molecule has 1 amide bonds. The molecule has 0 bridgehead atoms. The number of likely N-dealkylation sites (tertiary alicyclic amines) is 1. The normalized spacial score (nSPS) is 26.4. The van der Waals surface area contributed by atoms with E-state index in [1.807, 2.05) is 13.8 Å². The number of anilines is 1. The highest BCUT2D eigenvalue weighted by Crippen LogP contribution is 2.47.